The number of ketones is 1. The minimum absolute atomic E-state index is 0.182. The van der Waals surface area contributed by atoms with Crippen molar-refractivity contribution in [1.82, 2.24) is 0 Å². The van der Waals surface area contributed by atoms with Crippen LogP contribution in [0.1, 0.15) is 38.2 Å². The average Bonchev–Trinajstić information content (AvgIpc) is 2.39. The van der Waals surface area contributed by atoms with E-state index in [0.29, 0.717) is 6.42 Å². The van der Waals surface area contributed by atoms with Crippen LogP contribution in [0.3, 0.4) is 0 Å². The summed E-state index contributed by atoms with van der Waals surface area (Å²) in [6.45, 7) is 8.17. The van der Waals surface area contributed by atoms with Gasteiger partial charge in [0.25, 0.3) is 0 Å². The number of Topliss-reactive ketones (excluding diaryl/α,β-unsaturated/α-hetero) is 1. The molecule has 0 fully saturated rings. The molecule has 0 saturated carbocycles. The highest BCUT2D eigenvalue weighted by Crippen LogP contribution is 2.24. The molecule has 104 valence electrons. The van der Waals surface area contributed by atoms with Gasteiger partial charge in [-0.3, -0.25) is 4.79 Å². The summed E-state index contributed by atoms with van der Waals surface area (Å²) in [6.07, 6.45) is 0.471. The molecule has 2 heteroatoms. The van der Waals surface area contributed by atoms with Gasteiger partial charge in [0.2, 0.25) is 0 Å². The summed E-state index contributed by atoms with van der Waals surface area (Å²) >= 11 is 3.54. The summed E-state index contributed by atoms with van der Waals surface area (Å²) in [5, 5.41) is 0. The second-order valence-electron chi connectivity index (χ2n) is 5.39. The van der Waals surface area contributed by atoms with E-state index < -0.39 is 0 Å². The van der Waals surface area contributed by atoms with Gasteiger partial charge < -0.3 is 0 Å². The van der Waals surface area contributed by atoms with Crippen molar-refractivity contribution in [2.45, 2.75) is 34.1 Å². The number of carbonyl (C=O) groups excluding carboxylic acids is 1. The van der Waals surface area contributed by atoms with E-state index in [-0.39, 0.29) is 5.78 Å². The predicted molar refractivity (Wildman–Crippen MR) is 87.6 cm³/mol. The van der Waals surface area contributed by atoms with E-state index >= 15 is 0 Å². The number of carbonyl (C=O) groups is 1. The van der Waals surface area contributed by atoms with Crippen LogP contribution in [0, 0.1) is 27.7 Å². The lowest BCUT2D eigenvalue weighted by atomic mass is 9.94. The highest BCUT2D eigenvalue weighted by molar-refractivity contribution is 9.10. The number of rotatable bonds is 3. The Morgan fingerprint density at radius 1 is 0.950 bits per heavy atom. The molecule has 0 N–H and O–H groups in total. The molecule has 0 aliphatic rings. The van der Waals surface area contributed by atoms with Crippen LogP contribution < -0.4 is 0 Å². The van der Waals surface area contributed by atoms with Crippen molar-refractivity contribution in [3.05, 3.63) is 68.2 Å². The van der Waals surface area contributed by atoms with Gasteiger partial charge in [0.15, 0.2) is 5.78 Å². The van der Waals surface area contributed by atoms with Crippen molar-refractivity contribution in [2.75, 3.05) is 0 Å². The summed E-state index contributed by atoms with van der Waals surface area (Å²) in [7, 11) is 0. The molecule has 0 bridgehead atoms. The van der Waals surface area contributed by atoms with Gasteiger partial charge in [-0.05, 0) is 67.6 Å². The fourth-order valence-electron chi connectivity index (χ4n) is 2.50. The van der Waals surface area contributed by atoms with Gasteiger partial charge in [0, 0.05) is 16.5 Å². The second-order valence-corrected chi connectivity index (χ2v) is 6.19. The molecule has 2 aromatic carbocycles. The largest absolute Gasteiger partial charge is 0.294 e. The van der Waals surface area contributed by atoms with E-state index in [0.717, 1.165) is 26.7 Å². The molecule has 0 saturated heterocycles. The predicted octanol–water partition coefficient (Wildman–Crippen LogP) is 5.11. The van der Waals surface area contributed by atoms with Gasteiger partial charge in [-0.1, -0.05) is 34.1 Å². The lowest BCUT2D eigenvalue weighted by Crippen LogP contribution is -2.07. The Morgan fingerprint density at radius 2 is 1.45 bits per heavy atom. The van der Waals surface area contributed by atoms with Gasteiger partial charge in [-0.2, -0.15) is 0 Å². The third kappa shape index (κ3) is 3.01. The minimum Gasteiger partial charge on any atom is -0.294 e. The van der Waals surface area contributed by atoms with Crippen LogP contribution in [-0.2, 0) is 6.42 Å². The normalized spacial score (nSPS) is 10.7. The Bertz CT molecular complexity index is 628. The Morgan fingerprint density at radius 3 is 1.95 bits per heavy atom. The van der Waals surface area contributed by atoms with E-state index in [4.69, 9.17) is 0 Å². The first-order valence-corrected chi connectivity index (χ1v) is 7.54. The summed E-state index contributed by atoms with van der Waals surface area (Å²) in [5.74, 6) is 0.182. The molecule has 1 nitrogen and oxygen atoms in total. The molecule has 0 heterocycles. The van der Waals surface area contributed by atoms with E-state index in [1.54, 1.807) is 0 Å². The van der Waals surface area contributed by atoms with Crippen molar-refractivity contribution in [3.8, 4) is 0 Å². The molecule has 2 aromatic rings. The van der Waals surface area contributed by atoms with Gasteiger partial charge in [-0.25, -0.2) is 0 Å². The molecular formula is C18H19BrO. The molecular weight excluding hydrogens is 312 g/mol. The SMILES string of the molecule is Cc1cc(C(=O)Cc2c(C)cccc2C)cc(C)c1Br. The topological polar surface area (TPSA) is 17.1 Å². The van der Waals surface area contributed by atoms with Crippen LogP contribution in [-0.4, -0.2) is 5.78 Å². The zero-order valence-corrected chi connectivity index (χ0v) is 14.0. The van der Waals surface area contributed by atoms with Crippen molar-refractivity contribution >= 4 is 21.7 Å². The smallest absolute Gasteiger partial charge is 0.167 e. The van der Waals surface area contributed by atoms with E-state index in [1.807, 2.05) is 32.0 Å². The number of aryl methyl sites for hydroxylation is 4. The first kappa shape index (κ1) is 15.0. The number of hydrogen-bond acceptors (Lipinski definition) is 1. The maximum Gasteiger partial charge on any atom is 0.167 e. The van der Waals surface area contributed by atoms with Crippen LogP contribution in [0.5, 0.6) is 0 Å². The Kier molecular flexibility index (Phi) is 4.44. The third-order valence-corrected chi connectivity index (χ3v) is 4.99. The van der Waals surface area contributed by atoms with Gasteiger partial charge in [-0.15, -0.1) is 0 Å². The lowest BCUT2D eigenvalue weighted by Gasteiger charge is -2.11. The summed E-state index contributed by atoms with van der Waals surface area (Å²) in [5.41, 5.74) is 6.53. The minimum atomic E-state index is 0.182. The molecule has 0 atom stereocenters. The quantitative estimate of drug-likeness (QED) is 0.715. The van der Waals surface area contributed by atoms with Gasteiger partial charge in [0.05, 0.1) is 0 Å². The summed E-state index contributed by atoms with van der Waals surface area (Å²) < 4.78 is 1.08. The second kappa shape index (κ2) is 5.92. The molecule has 0 amide bonds. The van der Waals surface area contributed by atoms with Crippen LogP contribution >= 0.6 is 15.9 Å². The number of benzene rings is 2. The summed E-state index contributed by atoms with van der Waals surface area (Å²) in [6, 6.07) is 10.1. The van der Waals surface area contributed by atoms with E-state index in [1.165, 1.54) is 11.1 Å². The highest BCUT2D eigenvalue weighted by Gasteiger charge is 2.13. The van der Waals surface area contributed by atoms with Crippen LogP contribution in [0.15, 0.2) is 34.8 Å². The molecule has 20 heavy (non-hydrogen) atoms. The summed E-state index contributed by atoms with van der Waals surface area (Å²) in [4.78, 5) is 12.5. The molecule has 0 spiro atoms. The number of hydrogen-bond donors (Lipinski definition) is 0. The fraction of sp³-hybridized carbons (Fsp3) is 0.278. The van der Waals surface area contributed by atoms with E-state index in [2.05, 4.69) is 41.9 Å². The Hall–Kier alpha value is -1.41. The monoisotopic (exact) mass is 330 g/mol. The van der Waals surface area contributed by atoms with Crippen molar-refractivity contribution < 1.29 is 4.79 Å². The van der Waals surface area contributed by atoms with Crippen LogP contribution in [0.25, 0.3) is 0 Å². The molecule has 0 radical (unpaired) electrons. The Balaban J connectivity index is 2.34. The fourth-order valence-corrected chi connectivity index (χ4v) is 2.73. The maximum absolute atomic E-state index is 12.5. The Labute approximate surface area is 129 Å². The molecule has 0 aliphatic heterocycles. The zero-order valence-electron chi connectivity index (χ0n) is 12.4. The van der Waals surface area contributed by atoms with Gasteiger partial charge in [0.1, 0.15) is 0 Å². The average molecular weight is 331 g/mol. The third-order valence-electron chi connectivity index (χ3n) is 3.74. The molecule has 0 unspecified atom stereocenters. The van der Waals surface area contributed by atoms with E-state index in [9.17, 15) is 4.79 Å². The molecule has 0 aromatic heterocycles. The van der Waals surface area contributed by atoms with Crippen LogP contribution in [0.4, 0.5) is 0 Å². The first-order chi connectivity index (χ1) is 9.40. The van der Waals surface area contributed by atoms with Crippen molar-refractivity contribution in [2.24, 2.45) is 0 Å². The standard InChI is InChI=1S/C18H19BrO/c1-11-6-5-7-12(2)16(11)10-17(20)15-8-13(3)18(19)14(4)9-15/h5-9H,10H2,1-4H3. The zero-order chi connectivity index (χ0) is 14.9. The van der Waals surface area contributed by atoms with Crippen molar-refractivity contribution in [1.29, 1.82) is 0 Å². The first-order valence-electron chi connectivity index (χ1n) is 6.75. The highest BCUT2D eigenvalue weighted by atomic mass is 79.9. The van der Waals surface area contributed by atoms with Gasteiger partial charge >= 0.3 is 0 Å². The molecule has 2 rings (SSSR count). The van der Waals surface area contributed by atoms with Crippen molar-refractivity contribution in [3.63, 3.8) is 0 Å². The lowest BCUT2D eigenvalue weighted by molar-refractivity contribution is 0.0992. The number of halogens is 1. The molecule has 0 aliphatic carbocycles. The van der Waals surface area contributed by atoms with Crippen LogP contribution in [0.2, 0.25) is 0 Å². The maximum atomic E-state index is 12.5.